The number of aromatic nitrogens is 3. The van der Waals surface area contributed by atoms with Crippen molar-refractivity contribution in [2.45, 2.75) is 31.7 Å². The van der Waals surface area contributed by atoms with E-state index in [-0.39, 0.29) is 47.0 Å². The van der Waals surface area contributed by atoms with Gasteiger partial charge >= 0.3 is 6.18 Å². The van der Waals surface area contributed by atoms with Crippen molar-refractivity contribution < 1.29 is 32.2 Å². The first kappa shape index (κ1) is 26.6. The molecule has 1 saturated heterocycles. The van der Waals surface area contributed by atoms with Gasteiger partial charge in [0.05, 0.1) is 25.5 Å². The fourth-order valence-corrected chi connectivity index (χ4v) is 4.83. The standard InChI is InChI=1S/C27H26F3N5O4/c1-38-19-7-5-17(16-6-8-21(27(28,29)30)33-22(16)19)25-34-23(20(14-31)39-25)26(37)35-12-9-15(10-13-35)24(36)18-4-2-3-11-32-18/h2-8,11,15,24,36H,9-10,12-14,31H2,1H3. The van der Waals surface area contributed by atoms with Crippen molar-refractivity contribution in [1.29, 1.82) is 0 Å². The van der Waals surface area contributed by atoms with Gasteiger partial charge in [0.1, 0.15) is 17.0 Å². The number of nitrogens with zero attached hydrogens (tertiary/aromatic N) is 4. The number of rotatable bonds is 6. The molecule has 0 aliphatic carbocycles. The van der Waals surface area contributed by atoms with Gasteiger partial charge in [0.2, 0.25) is 5.89 Å². The molecule has 3 N–H and O–H groups in total. The number of amides is 1. The smallest absolute Gasteiger partial charge is 0.433 e. The van der Waals surface area contributed by atoms with Crippen LogP contribution in [0.25, 0.3) is 22.4 Å². The summed E-state index contributed by atoms with van der Waals surface area (Å²) in [6.45, 7) is 0.692. The van der Waals surface area contributed by atoms with Crippen LogP contribution in [0.15, 0.2) is 53.1 Å². The zero-order valence-electron chi connectivity index (χ0n) is 21.0. The maximum absolute atomic E-state index is 13.4. The van der Waals surface area contributed by atoms with Crippen molar-refractivity contribution in [3.63, 3.8) is 0 Å². The quantitative estimate of drug-likeness (QED) is 0.369. The van der Waals surface area contributed by atoms with E-state index in [4.69, 9.17) is 14.9 Å². The van der Waals surface area contributed by atoms with E-state index in [1.165, 1.54) is 19.2 Å². The van der Waals surface area contributed by atoms with Gasteiger partial charge in [0.15, 0.2) is 11.5 Å². The largest absolute Gasteiger partial charge is 0.494 e. The van der Waals surface area contributed by atoms with Crippen LogP contribution in [0.5, 0.6) is 5.75 Å². The number of halogens is 3. The minimum atomic E-state index is -4.63. The first-order chi connectivity index (χ1) is 18.7. The SMILES string of the molecule is COc1ccc(-c2nc(C(=O)N3CCC(C(O)c4ccccn4)CC3)c(CN)o2)c2ccc(C(F)(F)F)nc12. The van der Waals surface area contributed by atoms with E-state index in [2.05, 4.69) is 15.0 Å². The van der Waals surface area contributed by atoms with Crippen LogP contribution in [0, 0.1) is 5.92 Å². The molecule has 0 spiro atoms. The third-order valence-electron chi connectivity index (χ3n) is 6.91. The lowest BCUT2D eigenvalue weighted by Crippen LogP contribution is -2.40. The van der Waals surface area contributed by atoms with Gasteiger partial charge in [-0.3, -0.25) is 9.78 Å². The van der Waals surface area contributed by atoms with E-state index in [9.17, 15) is 23.1 Å². The molecule has 4 aromatic rings. The van der Waals surface area contributed by atoms with Gasteiger partial charge in [0, 0.05) is 30.2 Å². The summed E-state index contributed by atoms with van der Waals surface area (Å²) in [7, 11) is 1.34. The fourth-order valence-electron chi connectivity index (χ4n) is 4.83. The average molecular weight is 542 g/mol. The lowest BCUT2D eigenvalue weighted by Gasteiger charge is -2.33. The van der Waals surface area contributed by atoms with Crippen molar-refractivity contribution in [1.82, 2.24) is 19.9 Å². The molecule has 0 saturated carbocycles. The summed E-state index contributed by atoms with van der Waals surface area (Å²) in [4.78, 5) is 27.4. The molecule has 1 amide bonds. The average Bonchev–Trinajstić information content (AvgIpc) is 3.40. The molecule has 9 nitrogen and oxygen atoms in total. The molecule has 1 aliphatic heterocycles. The summed E-state index contributed by atoms with van der Waals surface area (Å²) >= 11 is 0. The van der Waals surface area contributed by atoms with Gasteiger partial charge in [-0.15, -0.1) is 0 Å². The minimum absolute atomic E-state index is 0.0151. The van der Waals surface area contributed by atoms with Crippen molar-refractivity contribution in [3.8, 4) is 17.2 Å². The molecule has 1 aliphatic rings. The van der Waals surface area contributed by atoms with Crippen LogP contribution in [0.4, 0.5) is 13.2 Å². The third kappa shape index (κ3) is 5.17. The van der Waals surface area contributed by atoms with E-state index in [1.807, 2.05) is 6.07 Å². The molecule has 12 heteroatoms. The van der Waals surface area contributed by atoms with Crippen LogP contribution < -0.4 is 10.5 Å². The number of aliphatic hydroxyl groups is 1. The van der Waals surface area contributed by atoms with Crippen molar-refractivity contribution in [2.24, 2.45) is 11.7 Å². The molecular formula is C27H26F3N5O4. The van der Waals surface area contributed by atoms with Crippen LogP contribution in [0.1, 0.15) is 46.6 Å². The first-order valence-electron chi connectivity index (χ1n) is 12.3. The van der Waals surface area contributed by atoms with E-state index >= 15 is 0 Å². The number of likely N-dealkylation sites (tertiary alicyclic amines) is 1. The number of pyridine rings is 2. The van der Waals surface area contributed by atoms with Gasteiger partial charge in [-0.25, -0.2) is 9.97 Å². The Morgan fingerprint density at radius 2 is 1.95 bits per heavy atom. The van der Waals surface area contributed by atoms with Gasteiger partial charge in [0.25, 0.3) is 5.91 Å². The molecule has 1 aromatic carbocycles. The molecule has 204 valence electrons. The highest BCUT2D eigenvalue weighted by Crippen LogP contribution is 2.37. The van der Waals surface area contributed by atoms with E-state index in [0.717, 1.165) is 6.07 Å². The zero-order chi connectivity index (χ0) is 27.7. The second kappa shape index (κ2) is 10.6. The summed E-state index contributed by atoms with van der Waals surface area (Å²) in [5.41, 5.74) is 5.76. The molecule has 5 rings (SSSR count). The van der Waals surface area contributed by atoms with Gasteiger partial charge < -0.3 is 24.9 Å². The highest BCUT2D eigenvalue weighted by Gasteiger charge is 2.34. The molecular weight excluding hydrogens is 515 g/mol. The number of piperidine rings is 1. The number of carbonyl (C=O) groups excluding carboxylic acids is 1. The number of hydrogen-bond donors (Lipinski definition) is 2. The number of ether oxygens (including phenoxy) is 1. The highest BCUT2D eigenvalue weighted by molar-refractivity contribution is 5.98. The summed E-state index contributed by atoms with van der Waals surface area (Å²) in [5, 5.41) is 11.0. The van der Waals surface area contributed by atoms with Crippen LogP contribution in [0.3, 0.4) is 0 Å². The molecule has 4 heterocycles. The number of methoxy groups -OCH3 is 1. The highest BCUT2D eigenvalue weighted by atomic mass is 19.4. The number of carbonyl (C=O) groups is 1. The zero-order valence-corrected chi connectivity index (χ0v) is 21.0. The van der Waals surface area contributed by atoms with Crippen LogP contribution in [-0.2, 0) is 12.7 Å². The van der Waals surface area contributed by atoms with Crippen LogP contribution >= 0.6 is 0 Å². The Morgan fingerprint density at radius 1 is 1.18 bits per heavy atom. The van der Waals surface area contributed by atoms with Gasteiger partial charge in [-0.05, 0) is 55.2 Å². The molecule has 0 radical (unpaired) electrons. The van der Waals surface area contributed by atoms with E-state index < -0.39 is 18.0 Å². The number of fused-ring (bicyclic) bond motifs is 1. The van der Waals surface area contributed by atoms with Crippen molar-refractivity contribution in [2.75, 3.05) is 20.2 Å². The maximum Gasteiger partial charge on any atom is 0.433 e. The minimum Gasteiger partial charge on any atom is -0.494 e. The summed E-state index contributed by atoms with van der Waals surface area (Å²) in [6.07, 6.45) is -2.59. The Morgan fingerprint density at radius 3 is 2.59 bits per heavy atom. The Balaban J connectivity index is 1.41. The fraction of sp³-hybridized carbons (Fsp3) is 0.333. The normalized spacial score (nSPS) is 15.5. The Kier molecular flexibility index (Phi) is 7.23. The maximum atomic E-state index is 13.4. The Hall–Kier alpha value is -4.03. The number of benzene rings is 1. The number of aliphatic hydroxyl groups excluding tert-OH is 1. The van der Waals surface area contributed by atoms with Gasteiger partial charge in [-0.2, -0.15) is 13.2 Å². The second-order valence-corrected chi connectivity index (χ2v) is 9.23. The molecule has 3 aromatic heterocycles. The molecule has 1 unspecified atom stereocenters. The Bertz CT molecular complexity index is 1480. The predicted octanol–water partition coefficient (Wildman–Crippen LogP) is 4.36. The molecule has 0 bridgehead atoms. The van der Waals surface area contributed by atoms with Crippen molar-refractivity contribution >= 4 is 16.8 Å². The van der Waals surface area contributed by atoms with Gasteiger partial charge in [-0.1, -0.05) is 6.07 Å². The third-order valence-corrected chi connectivity index (χ3v) is 6.91. The molecule has 1 atom stereocenters. The number of nitrogens with two attached hydrogens (primary N) is 1. The number of alkyl halides is 3. The lowest BCUT2D eigenvalue weighted by atomic mass is 9.89. The summed E-state index contributed by atoms with van der Waals surface area (Å²) in [6, 6.07) is 10.6. The molecule has 39 heavy (non-hydrogen) atoms. The van der Waals surface area contributed by atoms with Crippen LogP contribution in [0.2, 0.25) is 0 Å². The first-order valence-corrected chi connectivity index (χ1v) is 12.3. The predicted molar refractivity (Wildman–Crippen MR) is 135 cm³/mol. The van der Waals surface area contributed by atoms with Crippen molar-refractivity contribution in [3.05, 3.63) is 71.5 Å². The topological polar surface area (TPSA) is 128 Å². The monoisotopic (exact) mass is 541 g/mol. The Labute approximate surface area is 221 Å². The number of hydrogen-bond acceptors (Lipinski definition) is 8. The molecule has 1 fully saturated rings. The van der Waals surface area contributed by atoms with E-state index in [0.29, 0.717) is 42.6 Å². The lowest BCUT2D eigenvalue weighted by molar-refractivity contribution is -0.140. The number of oxazole rings is 1. The summed E-state index contributed by atoms with van der Waals surface area (Å²) in [5.74, 6) is -0.0717. The van der Waals surface area contributed by atoms with E-state index in [1.54, 1.807) is 29.3 Å². The van der Waals surface area contributed by atoms with Crippen LogP contribution in [-0.4, -0.2) is 51.1 Å². The summed E-state index contributed by atoms with van der Waals surface area (Å²) < 4.78 is 50.9. The second-order valence-electron chi connectivity index (χ2n) is 9.23.